The molecule has 38 heteroatoms. The second-order valence-corrected chi connectivity index (χ2v) is 34.3. The summed E-state index contributed by atoms with van der Waals surface area (Å²) in [5.41, 5.74) is -4.84. The van der Waals surface area contributed by atoms with Crippen LogP contribution in [0.25, 0.3) is 0 Å². The van der Waals surface area contributed by atoms with Crippen LogP contribution in [0.15, 0.2) is 11.6 Å². The van der Waals surface area contributed by atoms with Crippen molar-refractivity contribution in [2.45, 2.75) is 328 Å². The lowest BCUT2D eigenvalue weighted by molar-refractivity contribution is -0.393. The number of esters is 1. The first-order chi connectivity index (χ1) is 51.7. The molecular weight excluding hydrogens is 1470 g/mol. The van der Waals surface area contributed by atoms with E-state index in [1.54, 1.807) is 6.92 Å². The number of carbonyl (C=O) groups is 3. The van der Waals surface area contributed by atoms with E-state index in [0.717, 1.165) is 5.57 Å². The molecule has 110 heavy (non-hydrogen) atoms. The Kier molecular flexibility index (Phi) is 25.9. The highest BCUT2D eigenvalue weighted by molar-refractivity contribution is 5.80. The summed E-state index contributed by atoms with van der Waals surface area (Å²) in [4.78, 5) is 42.9. The molecule has 0 aromatic rings. The summed E-state index contributed by atoms with van der Waals surface area (Å²) < 4.78 is 84.0. The Morgan fingerprint density at radius 3 is 1.70 bits per heavy atom. The first-order valence-corrected chi connectivity index (χ1v) is 38.3. The van der Waals surface area contributed by atoms with E-state index in [4.69, 9.17) is 66.3 Å². The lowest BCUT2D eigenvalue weighted by Crippen LogP contribution is -2.70. The van der Waals surface area contributed by atoms with Gasteiger partial charge in [-0.05, 0) is 111 Å². The van der Waals surface area contributed by atoms with Crippen molar-refractivity contribution in [3.05, 3.63) is 11.6 Å². The van der Waals surface area contributed by atoms with Gasteiger partial charge >= 0.3 is 11.9 Å². The van der Waals surface area contributed by atoms with Crippen molar-refractivity contribution >= 4 is 17.8 Å². The van der Waals surface area contributed by atoms with Crippen molar-refractivity contribution < 1.29 is 183 Å². The lowest BCUT2D eigenvalue weighted by atomic mass is 9.33. The summed E-state index contributed by atoms with van der Waals surface area (Å²) >= 11 is 0. The molecule has 0 bridgehead atoms. The molecule has 12 rings (SSSR count). The molecule has 42 atom stereocenters. The van der Waals surface area contributed by atoms with Crippen LogP contribution in [0.3, 0.4) is 0 Å². The largest absolute Gasteiger partial charge is 0.479 e. The maximum absolute atomic E-state index is 16.1. The second-order valence-electron chi connectivity index (χ2n) is 34.3. The van der Waals surface area contributed by atoms with Gasteiger partial charge in [0.05, 0.1) is 63.5 Å². The van der Waals surface area contributed by atoms with Crippen LogP contribution in [-0.2, 0) is 80.7 Å². The molecule has 0 aromatic heterocycles. The second kappa shape index (κ2) is 33.0. The lowest BCUT2D eigenvalue weighted by Gasteiger charge is -2.72. The van der Waals surface area contributed by atoms with Gasteiger partial charge in [0.2, 0.25) is 12.2 Å². The standard InChI is InChI=1S/C72H115NO37/c1-9-31-42(83)49(90)59(101-31)99-24-38(80)73-39-32(20-74)102-64(56(44(39)85)108-62-51(92)46(87)53(26(2)100-62)105-60-47(88)40(81)29(77)22-97-60)110-66(96)72-17-16-67(3,4)18-28(72)27-10-11-35-68(5)14-13-37(69(6,25-76)34(68)12-15-70(35,7)71(27,8)19-36(72)79)104-65-57(109-63-50(91)45(86)43(84)33(21-75)103-63)54(52(93)55(107-65)58(94)95)106-61-48(89)41(82)30(78)23-98-61/h10,26,28-37,39-57,59-65,74-79,81-93H,9,11-25H2,1-8H3,(H,73,80)(H,94,95)/t26?,28?,29-,30-,31?,32?,33?,34-,35?,36?,37+,39+,40?,41+,42?,43+,44?,45+,46?,47?,48?,49?,50?,51?,52+,53+,54+,55?,56?,57?,59-,60+,61+,62+,63+,64+,65-,68?,69-,70?,71-,72-/m1/s1. The molecule has 0 spiro atoms. The van der Waals surface area contributed by atoms with E-state index in [-0.39, 0.29) is 31.6 Å². The minimum absolute atomic E-state index is 0.00708. The Bertz CT molecular complexity index is 3220. The van der Waals surface area contributed by atoms with Gasteiger partial charge in [-0.1, -0.05) is 60.1 Å². The molecule has 38 nitrogen and oxygen atoms in total. The SMILES string of the molecule is CCC1O[C@@H](OCC(=O)N[C@H]2C(CO)O[C@@H](OC(=O)[C@]34CCC(C)(C)CC3C3=CCC5C6(C)CC[C@H](O[C@@H]7OC(C(=O)O)[C@@H](O)[C@H](O[C@@H]8OC[C@@H](O)[C@H](O)C8O)C7O[C@@H]7OC(CO)[C@H](O)[C@H](O)C7O)[C@](C)(CO)[C@@H]6CCC5(C)[C@]3(C)CC4O)C(O[C@@H]3OC(C)[C@H](O[C@@H]4OC[C@@H](O)C(O)C4O)C(O)C3O)C2O)C(O)C1O. The molecule has 4 saturated carbocycles. The Morgan fingerprint density at radius 2 is 1.09 bits per heavy atom. The maximum Gasteiger partial charge on any atom is 0.335 e. The van der Waals surface area contributed by atoms with Crippen molar-refractivity contribution in [1.82, 2.24) is 5.32 Å². The van der Waals surface area contributed by atoms with Crippen molar-refractivity contribution in [3.8, 4) is 0 Å². The number of allylic oxidation sites excluding steroid dienone is 2. The van der Waals surface area contributed by atoms with Crippen LogP contribution >= 0.6 is 0 Å². The number of aliphatic carboxylic acids is 1. The summed E-state index contributed by atoms with van der Waals surface area (Å²) in [5.74, 6) is -5.09. The average molecular weight is 1590 g/mol. The molecule has 0 radical (unpaired) electrons. The van der Waals surface area contributed by atoms with Gasteiger partial charge in [0, 0.05) is 5.41 Å². The van der Waals surface area contributed by atoms with Crippen LogP contribution in [0.4, 0.5) is 0 Å². The van der Waals surface area contributed by atoms with Gasteiger partial charge < -0.3 is 174 Å². The van der Waals surface area contributed by atoms with Crippen molar-refractivity contribution in [2.24, 2.45) is 50.2 Å². The van der Waals surface area contributed by atoms with Gasteiger partial charge in [-0.2, -0.15) is 0 Å². The highest BCUT2D eigenvalue weighted by Gasteiger charge is 2.73. The third kappa shape index (κ3) is 15.1. The fraction of sp³-hybridized carbons (Fsp3) is 0.931. The van der Waals surface area contributed by atoms with Gasteiger partial charge in [0.1, 0.15) is 134 Å². The molecule has 5 aliphatic carbocycles. The number of carbonyl (C=O) groups excluding carboxylic acids is 2. The highest BCUT2D eigenvalue weighted by Crippen LogP contribution is 2.76. The maximum atomic E-state index is 16.1. The highest BCUT2D eigenvalue weighted by atomic mass is 16.8. The number of rotatable bonds is 21. The summed E-state index contributed by atoms with van der Waals surface area (Å²) in [5, 5.41) is 225. The molecule has 11 fully saturated rings. The smallest absolute Gasteiger partial charge is 0.335 e. The van der Waals surface area contributed by atoms with Crippen LogP contribution < -0.4 is 5.32 Å². The number of nitrogens with one attached hydrogen (secondary N) is 1. The Labute approximate surface area is 633 Å². The number of aliphatic hydroxyl groups excluding tert-OH is 19. The quantitative estimate of drug-likeness (QED) is 0.0288. The zero-order valence-electron chi connectivity index (χ0n) is 62.6. The van der Waals surface area contributed by atoms with E-state index in [1.165, 1.54) is 6.92 Å². The number of fused-ring (bicyclic) bond motifs is 7. The van der Waals surface area contributed by atoms with Gasteiger partial charge in [-0.3, -0.25) is 9.59 Å². The number of amides is 1. The summed E-state index contributed by atoms with van der Waals surface area (Å²) in [6.45, 7) is 11.1. The van der Waals surface area contributed by atoms with Gasteiger partial charge in [-0.15, -0.1) is 0 Å². The fourth-order valence-electron chi connectivity index (χ4n) is 20.7. The van der Waals surface area contributed by atoms with Gasteiger partial charge in [-0.25, -0.2) is 4.79 Å². The molecule has 1 amide bonds. The normalized spacial score (nSPS) is 53.0. The molecule has 7 saturated heterocycles. The molecule has 21 unspecified atom stereocenters. The fourth-order valence-corrected chi connectivity index (χ4v) is 20.7. The molecule has 7 aliphatic heterocycles. The third-order valence-electron chi connectivity index (χ3n) is 27.4. The molecule has 0 aromatic carbocycles. The minimum Gasteiger partial charge on any atom is -0.479 e. The van der Waals surface area contributed by atoms with E-state index in [1.807, 2.05) is 20.8 Å². The van der Waals surface area contributed by atoms with Crippen LogP contribution in [-0.4, -0.2) is 368 Å². The van der Waals surface area contributed by atoms with E-state index in [9.17, 15) is 112 Å². The van der Waals surface area contributed by atoms with E-state index in [0.29, 0.717) is 38.5 Å². The van der Waals surface area contributed by atoms with Crippen LogP contribution in [0.5, 0.6) is 0 Å². The predicted molar refractivity (Wildman–Crippen MR) is 361 cm³/mol. The zero-order valence-corrected chi connectivity index (χ0v) is 62.6. The number of ether oxygens (including phenoxy) is 14. The molecule has 21 N–H and O–H groups in total. The van der Waals surface area contributed by atoms with Gasteiger partial charge in [0.25, 0.3) is 0 Å². The van der Waals surface area contributed by atoms with Crippen molar-refractivity contribution in [2.75, 3.05) is 39.6 Å². The minimum atomic E-state index is -2.22. The Hall–Kier alpha value is -3.13. The predicted octanol–water partition coefficient (Wildman–Crippen LogP) is -7.05. The number of hydrogen-bond acceptors (Lipinski definition) is 36. The third-order valence-corrected chi connectivity index (χ3v) is 27.4. The van der Waals surface area contributed by atoms with E-state index < -0.39 is 311 Å². The van der Waals surface area contributed by atoms with Crippen LogP contribution in [0, 0.1) is 50.2 Å². The first kappa shape index (κ1) is 86.2. The zero-order chi connectivity index (χ0) is 80.3. The monoisotopic (exact) mass is 1590 g/mol. The summed E-state index contributed by atoms with van der Waals surface area (Å²) in [6, 6.07) is -1.66. The van der Waals surface area contributed by atoms with Crippen LogP contribution in [0.2, 0.25) is 0 Å². The first-order valence-electron chi connectivity index (χ1n) is 38.3. The number of hydrogen-bond donors (Lipinski definition) is 21. The number of aliphatic hydroxyl groups is 19. The number of carboxylic acid groups (broad SMARTS) is 1. The van der Waals surface area contributed by atoms with Crippen molar-refractivity contribution in [3.63, 3.8) is 0 Å². The molecule has 7 heterocycles. The molecule has 630 valence electrons. The van der Waals surface area contributed by atoms with E-state index in [2.05, 4.69) is 32.2 Å². The van der Waals surface area contributed by atoms with Crippen molar-refractivity contribution in [1.29, 1.82) is 0 Å². The van der Waals surface area contributed by atoms with Gasteiger partial charge in [0.15, 0.2) is 49.9 Å². The van der Waals surface area contributed by atoms with E-state index >= 15 is 4.79 Å². The average Bonchev–Trinajstić information content (AvgIpc) is 0.730. The Balaban J connectivity index is 0.821. The molecular formula is C72H115NO37. The molecule has 12 aliphatic rings. The summed E-state index contributed by atoms with van der Waals surface area (Å²) in [7, 11) is 0. The van der Waals surface area contributed by atoms with Crippen LogP contribution in [0.1, 0.15) is 120 Å². The number of carboxylic acids is 1. The summed E-state index contributed by atoms with van der Waals surface area (Å²) in [6.07, 6.45) is -52.9. The Morgan fingerprint density at radius 1 is 0.527 bits per heavy atom. The topological polar surface area (TPSA) is 597 Å².